The lowest BCUT2D eigenvalue weighted by Gasteiger charge is -2.28. The highest BCUT2D eigenvalue weighted by Gasteiger charge is 2.35. The molecule has 0 bridgehead atoms. The van der Waals surface area contributed by atoms with Gasteiger partial charge in [-0.2, -0.15) is 0 Å². The van der Waals surface area contributed by atoms with Gasteiger partial charge in [-0.3, -0.25) is 4.72 Å². The van der Waals surface area contributed by atoms with Crippen LogP contribution in [0.1, 0.15) is 55.6 Å². The molecule has 0 radical (unpaired) electrons. The molecule has 2 aliphatic rings. The van der Waals surface area contributed by atoms with E-state index in [4.69, 9.17) is 9.26 Å². The monoisotopic (exact) mass is 400 g/mol. The van der Waals surface area contributed by atoms with Gasteiger partial charge < -0.3 is 9.26 Å². The fourth-order valence-corrected chi connectivity index (χ4v) is 4.08. The lowest BCUT2D eigenvalue weighted by atomic mass is 9.94. The predicted octanol–water partition coefficient (Wildman–Crippen LogP) is 4.17. The molecule has 6 nitrogen and oxygen atoms in total. The number of fused-ring (bicyclic) bond motifs is 1. The summed E-state index contributed by atoms with van der Waals surface area (Å²) < 4.78 is 63.1. The molecule has 4 rings (SSSR count). The Labute approximate surface area is 156 Å². The van der Waals surface area contributed by atoms with E-state index in [1.807, 2.05) is 12.1 Å². The van der Waals surface area contributed by atoms with Crippen molar-refractivity contribution in [3.8, 4) is 0 Å². The van der Waals surface area contributed by atoms with Crippen molar-refractivity contribution in [2.45, 2.75) is 63.1 Å². The van der Waals surface area contributed by atoms with Crippen LogP contribution < -0.4 is 4.72 Å². The molecule has 0 saturated heterocycles. The molecule has 2 aliphatic carbocycles. The molecule has 2 aromatic rings. The summed E-state index contributed by atoms with van der Waals surface area (Å²) in [7, 11) is -3.46. The van der Waals surface area contributed by atoms with Crippen LogP contribution in [0.3, 0.4) is 0 Å². The van der Waals surface area contributed by atoms with E-state index in [-0.39, 0.29) is 24.8 Å². The molecular formula is C18H22F2N2O4S. The molecule has 1 aromatic heterocycles. The van der Waals surface area contributed by atoms with Crippen LogP contribution in [-0.2, 0) is 21.4 Å². The summed E-state index contributed by atoms with van der Waals surface area (Å²) in [5.41, 5.74) is 2.51. The van der Waals surface area contributed by atoms with Crippen molar-refractivity contribution in [3.63, 3.8) is 0 Å². The van der Waals surface area contributed by atoms with E-state index in [0.717, 1.165) is 30.2 Å². The Balaban J connectivity index is 1.55. The Hall–Kier alpha value is -1.74. The second-order valence-corrected chi connectivity index (χ2v) is 9.34. The number of ether oxygens (including phenoxy) is 1. The van der Waals surface area contributed by atoms with Gasteiger partial charge in [-0.15, -0.1) is 0 Å². The Morgan fingerprint density at radius 1 is 1.26 bits per heavy atom. The zero-order chi connectivity index (χ0) is 19.2. The fraction of sp³-hybridized carbons (Fsp3) is 0.611. The SMILES string of the molecule is CS(=O)(=O)Nc1noc2cc(COC3CCC(F)(F)CC3)c(C3CC3)cc12. The summed E-state index contributed by atoms with van der Waals surface area (Å²) in [6, 6.07) is 3.73. The Bertz CT molecular complexity index is 944. The number of nitrogens with zero attached hydrogens (tertiary/aromatic N) is 1. The predicted molar refractivity (Wildman–Crippen MR) is 96.4 cm³/mol. The van der Waals surface area contributed by atoms with Crippen LogP contribution in [-0.4, -0.2) is 31.9 Å². The van der Waals surface area contributed by atoms with Crippen LogP contribution in [0.5, 0.6) is 0 Å². The highest BCUT2D eigenvalue weighted by Crippen LogP contribution is 2.44. The first kappa shape index (κ1) is 18.6. The summed E-state index contributed by atoms with van der Waals surface area (Å²) in [4.78, 5) is 0. The van der Waals surface area contributed by atoms with Gasteiger partial charge in [0, 0.05) is 12.8 Å². The summed E-state index contributed by atoms with van der Waals surface area (Å²) in [6.07, 6.45) is 3.49. The molecule has 0 spiro atoms. The number of hydrogen-bond donors (Lipinski definition) is 1. The number of nitrogens with one attached hydrogen (secondary N) is 1. The van der Waals surface area contributed by atoms with Gasteiger partial charge in [0.1, 0.15) is 0 Å². The van der Waals surface area contributed by atoms with Gasteiger partial charge in [0.25, 0.3) is 0 Å². The molecule has 2 fully saturated rings. The molecule has 148 valence electrons. The topological polar surface area (TPSA) is 81.4 Å². The molecule has 0 atom stereocenters. The number of rotatable bonds is 6. The van der Waals surface area contributed by atoms with E-state index in [2.05, 4.69) is 9.88 Å². The highest BCUT2D eigenvalue weighted by atomic mass is 32.2. The van der Waals surface area contributed by atoms with E-state index < -0.39 is 15.9 Å². The van der Waals surface area contributed by atoms with Gasteiger partial charge in [-0.25, -0.2) is 17.2 Å². The van der Waals surface area contributed by atoms with Crippen molar-refractivity contribution in [3.05, 3.63) is 23.3 Å². The smallest absolute Gasteiger partial charge is 0.248 e. The van der Waals surface area contributed by atoms with Crippen LogP contribution in [0, 0.1) is 0 Å². The van der Waals surface area contributed by atoms with Crippen molar-refractivity contribution in [1.82, 2.24) is 5.16 Å². The summed E-state index contributed by atoms with van der Waals surface area (Å²) in [5.74, 6) is -1.98. The Morgan fingerprint density at radius 3 is 2.59 bits per heavy atom. The maximum atomic E-state index is 13.3. The summed E-state index contributed by atoms with van der Waals surface area (Å²) in [5, 5.41) is 4.43. The minimum Gasteiger partial charge on any atom is -0.374 e. The van der Waals surface area contributed by atoms with Crippen LogP contribution in [0.25, 0.3) is 11.0 Å². The lowest BCUT2D eigenvalue weighted by Crippen LogP contribution is -2.29. The number of hydrogen-bond acceptors (Lipinski definition) is 5. The number of sulfonamides is 1. The third kappa shape index (κ3) is 4.40. The Morgan fingerprint density at radius 2 is 1.96 bits per heavy atom. The maximum absolute atomic E-state index is 13.3. The van der Waals surface area contributed by atoms with Crippen LogP contribution in [0.15, 0.2) is 16.7 Å². The van der Waals surface area contributed by atoms with Crippen molar-refractivity contribution >= 4 is 26.8 Å². The third-order valence-electron chi connectivity index (χ3n) is 5.17. The second-order valence-electron chi connectivity index (χ2n) is 7.59. The molecule has 27 heavy (non-hydrogen) atoms. The first-order chi connectivity index (χ1) is 12.7. The summed E-state index contributed by atoms with van der Waals surface area (Å²) >= 11 is 0. The van der Waals surface area contributed by atoms with Gasteiger partial charge in [0.05, 0.1) is 24.4 Å². The first-order valence-electron chi connectivity index (χ1n) is 9.10. The van der Waals surface area contributed by atoms with Gasteiger partial charge in [-0.05, 0) is 54.9 Å². The van der Waals surface area contributed by atoms with E-state index in [1.54, 1.807) is 0 Å². The van der Waals surface area contributed by atoms with Crippen LogP contribution in [0.4, 0.5) is 14.6 Å². The quantitative estimate of drug-likeness (QED) is 0.787. The van der Waals surface area contributed by atoms with Crippen LogP contribution in [0.2, 0.25) is 0 Å². The minimum atomic E-state index is -3.46. The molecule has 9 heteroatoms. The lowest BCUT2D eigenvalue weighted by molar-refractivity contribution is -0.0839. The highest BCUT2D eigenvalue weighted by molar-refractivity contribution is 7.92. The van der Waals surface area contributed by atoms with Crippen LogP contribution >= 0.6 is 0 Å². The van der Waals surface area contributed by atoms with Crippen molar-refractivity contribution in [2.75, 3.05) is 11.0 Å². The van der Waals surface area contributed by atoms with E-state index in [1.165, 1.54) is 0 Å². The van der Waals surface area contributed by atoms with E-state index in [9.17, 15) is 17.2 Å². The molecule has 2 saturated carbocycles. The van der Waals surface area contributed by atoms with E-state index >= 15 is 0 Å². The van der Waals surface area contributed by atoms with Crippen molar-refractivity contribution in [1.29, 1.82) is 0 Å². The maximum Gasteiger partial charge on any atom is 0.248 e. The van der Waals surface area contributed by atoms with Gasteiger partial charge >= 0.3 is 0 Å². The number of aromatic nitrogens is 1. The third-order valence-corrected chi connectivity index (χ3v) is 5.73. The average molecular weight is 400 g/mol. The van der Waals surface area contributed by atoms with Crippen molar-refractivity contribution < 1.29 is 26.5 Å². The number of anilines is 1. The standard InChI is InChI=1S/C18H22F2N2O4S/c1-27(23,24)22-17-15-9-14(11-2-3-11)12(8-16(15)26-21-17)10-25-13-4-6-18(19,20)7-5-13/h8-9,11,13H,2-7,10H2,1H3,(H,21,22). The zero-order valence-electron chi connectivity index (χ0n) is 15.0. The summed E-state index contributed by atoms with van der Waals surface area (Å²) in [6.45, 7) is 0.327. The normalized spacial score (nSPS) is 20.9. The van der Waals surface area contributed by atoms with Gasteiger partial charge in [0.2, 0.25) is 15.9 Å². The second kappa shape index (κ2) is 6.70. The fourth-order valence-electron chi connectivity index (χ4n) is 3.58. The van der Waals surface area contributed by atoms with Gasteiger partial charge in [-0.1, -0.05) is 5.16 Å². The molecule has 0 aliphatic heterocycles. The number of halogens is 2. The largest absolute Gasteiger partial charge is 0.374 e. The Kier molecular flexibility index (Phi) is 4.62. The van der Waals surface area contributed by atoms with E-state index in [0.29, 0.717) is 36.3 Å². The molecule has 1 N–H and O–H groups in total. The molecule has 0 unspecified atom stereocenters. The molecule has 1 aromatic carbocycles. The first-order valence-corrected chi connectivity index (χ1v) is 11.0. The zero-order valence-corrected chi connectivity index (χ0v) is 15.8. The number of alkyl halides is 2. The van der Waals surface area contributed by atoms with Gasteiger partial charge in [0.15, 0.2) is 11.4 Å². The van der Waals surface area contributed by atoms with Crippen molar-refractivity contribution in [2.24, 2.45) is 0 Å². The molecule has 0 amide bonds. The molecule has 1 heterocycles. The molecular weight excluding hydrogens is 378 g/mol. The minimum absolute atomic E-state index is 0.130. The average Bonchev–Trinajstić information content (AvgIpc) is 3.35. The number of benzene rings is 1.